The number of carboxylic acid groups (broad SMARTS) is 1. The van der Waals surface area contributed by atoms with Gasteiger partial charge in [0.1, 0.15) is 24.2 Å². The Hall–Kier alpha value is -3.32. The number of carbonyl (C=O) groups is 2. The smallest absolute Gasteiger partial charge is 0.328 e. The summed E-state index contributed by atoms with van der Waals surface area (Å²) in [6, 6.07) is 0. The molecule has 0 spiro atoms. The number of carboxylic acids is 1. The lowest BCUT2D eigenvalue weighted by Crippen LogP contribution is -2.70. The molecule has 7 N–H and O–H groups in total. The number of ether oxygens (including phenoxy) is 6. The molecule has 3 fully saturated rings. The minimum absolute atomic E-state index is 0.0125. The summed E-state index contributed by atoms with van der Waals surface area (Å²) in [5, 5.41) is 67.1. The van der Waals surface area contributed by atoms with Gasteiger partial charge in [-0.3, -0.25) is 4.79 Å². The summed E-state index contributed by atoms with van der Waals surface area (Å²) in [6.45, 7) is 10.3. The summed E-state index contributed by atoms with van der Waals surface area (Å²) in [7, 11) is 3.04. The number of amides is 1. The van der Waals surface area contributed by atoms with E-state index >= 15 is 0 Å². The van der Waals surface area contributed by atoms with Crippen molar-refractivity contribution in [1.29, 1.82) is 0 Å². The highest BCUT2D eigenvalue weighted by Crippen LogP contribution is 2.44. The fourth-order valence-corrected chi connectivity index (χ4v) is 7.36. The maximum atomic E-state index is 13.9. The van der Waals surface area contributed by atoms with Gasteiger partial charge in [0.25, 0.3) is 0 Å². The summed E-state index contributed by atoms with van der Waals surface area (Å²) in [5.41, 5.74) is -0.194. The predicted octanol–water partition coefficient (Wildman–Crippen LogP) is 2.64. The average Bonchev–Trinajstić information content (AvgIpc) is 3.55. The molecule has 0 radical (unpaired) electrons. The van der Waals surface area contributed by atoms with Crippen LogP contribution in [0.2, 0.25) is 0 Å². The van der Waals surface area contributed by atoms with Crippen LogP contribution in [0.25, 0.3) is 0 Å². The van der Waals surface area contributed by atoms with Crippen LogP contribution in [0.1, 0.15) is 54.4 Å². The van der Waals surface area contributed by atoms with Crippen LogP contribution in [0.4, 0.5) is 0 Å². The van der Waals surface area contributed by atoms with Gasteiger partial charge in [-0.05, 0) is 26.3 Å². The van der Waals surface area contributed by atoms with Crippen molar-refractivity contribution in [2.45, 2.75) is 128 Å². The highest BCUT2D eigenvalue weighted by Gasteiger charge is 2.61. The number of methoxy groups -OCH3 is 2. The third-order valence-electron chi connectivity index (χ3n) is 11.1. The molecule has 3 saturated heterocycles. The fraction of sp³-hybridized carbons (Fsp3) is 0.628. The number of allylic oxidation sites excluding steroid dienone is 9. The summed E-state index contributed by atoms with van der Waals surface area (Å²) in [4.78, 5) is 24.5. The number of aliphatic hydroxyl groups is 5. The molecular weight excluding hydrogens is 754 g/mol. The predicted molar refractivity (Wildman–Crippen MR) is 215 cm³/mol. The minimum Gasteiger partial charge on any atom is -0.478 e. The molecule has 3 rings (SSSR count). The first-order chi connectivity index (χ1) is 27.4. The molecule has 58 heavy (non-hydrogen) atoms. The molecule has 15 heteroatoms. The Balaban J connectivity index is 1.73. The first kappa shape index (κ1) is 49.0. The minimum atomic E-state index is -2.59. The number of nitrogens with one attached hydrogen (secondary N) is 1. The van der Waals surface area contributed by atoms with E-state index < -0.39 is 90.7 Å². The number of aliphatic carboxylic acids is 1. The van der Waals surface area contributed by atoms with E-state index in [9.17, 15) is 35.1 Å². The van der Waals surface area contributed by atoms with Crippen LogP contribution in [-0.2, 0) is 38.0 Å². The summed E-state index contributed by atoms with van der Waals surface area (Å²) in [5.74, 6) is -6.05. The van der Waals surface area contributed by atoms with E-state index in [0.717, 1.165) is 11.6 Å². The molecular formula is C43H65NO14. The Labute approximate surface area is 342 Å². The molecule has 1 amide bonds. The lowest BCUT2D eigenvalue weighted by atomic mass is 9.71. The molecule has 0 aromatic carbocycles. The van der Waals surface area contributed by atoms with Crippen molar-refractivity contribution < 1.29 is 68.6 Å². The molecule has 0 saturated carbocycles. The zero-order chi connectivity index (χ0) is 43.2. The second-order valence-corrected chi connectivity index (χ2v) is 15.6. The van der Waals surface area contributed by atoms with Crippen molar-refractivity contribution in [3.63, 3.8) is 0 Å². The molecule has 0 bridgehead atoms. The molecule has 3 heterocycles. The van der Waals surface area contributed by atoms with Crippen LogP contribution in [0, 0.1) is 17.3 Å². The van der Waals surface area contributed by atoms with E-state index in [0.29, 0.717) is 6.42 Å². The highest BCUT2D eigenvalue weighted by atomic mass is 16.7. The van der Waals surface area contributed by atoms with Crippen molar-refractivity contribution in [2.24, 2.45) is 17.3 Å². The van der Waals surface area contributed by atoms with Crippen LogP contribution >= 0.6 is 0 Å². The van der Waals surface area contributed by atoms with Gasteiger partial charge in [0, 0.05) is 51.0 Å². The number of carbonyl (C=O) groups excluding carboxylic acids is 1. The van der Waals surface area contributed by atoms with Gasteiger partial charge in [-0.2, -0.15) is 0 Å². The third kappa shape index (κ3) is 12.8. The van der Waals surface area contributed by atoms with E-state index in [1.165, 1.54) is 13.2 Å². The molecule has 15 nitrogen and oxygen atoms in total. The molecule has 0 aliphatic carbocycles. The largest absolute Gasteiger partial charge is 0.478 e. The number of hydrogen-bond donors (Lipinski definition) is 7. The molecule has 0 aromatic heterocycles. The normalized spacial score (nSPS) is 35.2. The van der Waals surface area contributed by atoms with Gasteiger partial charge in [-0.15, -0.1) is 0 Å². The average molecular weight is 820 g/mol. The van der Waals surface area contributed by atoms with Crippen LogP contribution in [0.5, 0.6) is 0 Å². The van der Waals surface area contributed by atoms with E-state index in [2.05, 4.69) is 5.32 Å². The van der Waals surface area contributed by atoms with Gasteiger partial charge in [0.05, 0.1) is 49.3 Å². The quantitative estimate of drug-likeness (QED) is 0.0736. The van der Waals surface area contributed by atoms with E-state index in [1.807, 2.05) is 26.8 Å². The lowest BCUT2D eigenvalue weighted by Gasteiger charge is -2.53. The van der Waals surface area contributed by atoms with Crippen LogP contribution in [-0.4, -0.2) is 143 Å². The van der Waals surface area contributed by atoms with Crippen LogP contribution in [0.3, 0.4) is 0 Å². The number of aliphatic hydroxyl groups excluding tert-OH is 4. The first-order valence-electron chi connectivity index (χ1n) is 19.7. The van der Waals surface area contributed by atoms with Gasteiger partial charge in [-0.25, -0.2) is 4.79 Å². The number of hydrogen-bond acceptors (Lipinski definition) is 13. The Morgan fingerprint density at radius 1 is 0.948 bits per heavy atom. The lowest BCUT2D eigenvalue weighted by molar-refractivity contribution is -0.366. The van der Waals surface area contributed by atoms with Gasteiger partial charge in [0.2, 0.25) is 11.7 Å². The Morgan fingerprint density at radius 2 is 1.64 bits per heavy atom. The van der Waals surface area contributed by atoms with Crippen molar-refractivity contribution >= 4 is 11.9 Å². The maximum absolute atomic E-state index is 13.9. The Bertz CT molecular complexity index is 1540. The monoisotopic (exact) mass is 819 g/mol. The zero-order valence-electron chi connectivity index (χ0n) is 34.8. The van der Waals surface area contributed by atoms with Crippen molar-refractivity contribution in [2.75, 3.05) is 27.4 Å². The molecule has 3 aliphatic heterocycles. The molecule has 3 aliphatic rings. The second kappa shape index (κ2) is 22.9. The van der Waals surface area contributed by atoms with Gasteiger partial charge in [-0.1, -0.05) is 93.7 Å². The molecule has 0 aromatic rings. The third-order valence-corrected chi connectivity index (χ3v) is 11.1. The number of rotatable bonds is 19. The SMILES string of the molecule is C/C=C\C=C\[C@@H]1O[C@](O)([C@H](CO[C@H]2C[C@@H](OC)[C@H](O)[C@@H](C)O2)C(=O)NC/C=C/C=C(\C)[C@H](OC)[C@@H](C)[C@H]2C[C@@H](O)[C@H](/C=C/C=C/C=C/C(=O)O)O2)[C@@H](O)[C@H](O)C1(C)C. The first-order valence-corrected chi connectivity index (χ1v) is 19.7. The summed E-state index contributed by atoms with van der Waals surface area (Å²) in [6.07, 6.45) is 12.4. The Morgan fingerprint density at radius 3 is 2.29 bits per heavy atom. The van der Waals surface area contributed by atoms with E-state index in [4.69, 9.17) is 33.5 Å². The molecule has 326 valence electrons. The molecule has 14 atom stereocenters. The van der Waals surface area contributed by atoms with Gasteiger partial charge >= 0.3 is 5.97 Å². The van der Waals surface area contributed by atoms with E-state index in [1.54, 1.807) is 88.6 Å². The molecule has 0 unspecified atom stereocenters. The Kier molecular flexibility index (Phi) is 19.4. The van der Waals surface area contributed by atoms with E-state index in [-0.39, 0.29) is 31.1 Å². The van der Waals surface area contributed by atoms with Gasteiger partial charge in [0.15, 0.2) is 6.29 Å². The van der Waals surface area contributed by atoms with Crippen LogP contribution in [0.15, 0.2) is 84.6 Å². The standard InChI is InChI=1S/C43H65NO14/c1-9-10-13-20-34-42(5,6)39(49)40(50)43(52,58-34)29(25-55-36-24-33(53-7)37(48)28(4)56-36)41(51)44-22-17-16-18-26(2)38(54-8)27(3)32-23-30(45)31(57-32)19-14-11-12-15-21-35(46)47/h9-21,27-34,36-40,45,48-50,52H,22-25H2,1-8H3,(H,44,51)(H,46,47)/b10-9-,12-11+,17-16+,19-14+,20-13+,21-15+,26-18+/t27-,28+,29+,30+,31-,32+,33+,34-,36+,37+,38-,39-,40-,43+/m0/s1. The van der Waals surface area contributed by atoms with Gasteiger partial charge < -0.3 is 64.4 Å². The van der Waals surface area contributed by atoms with Crippen LogP contribution < -0.4 is 5.32 Å². The fourth-order valence-electron chi connectivity index (χ4n) is 7.36. The summed E-state index contributed by atoms with van der Waals surface area (Å²) < 4.78 is 35.3. The second-order valence-electron chi connectivity index (χ2n) is 15.6. The van der Waals surface area contributed by atoms with Crippen molar-refractivity contribution in [3.8, 4) is 0 Å². The van der Waals surface area contributed by atoms with Crippen molar-refractivity contribution in [1.82, 2.24) is 5.32 Å². The summed E-state index contributed by atoms with van der Waals surface area (Å²) >= 11 is 0. The highest BCUT2D eigenvalue weighted by molar-refractivity contribution is 5.80. The zero-order valence-corrected chi connectivity index (χ0v) is 34.8. The van der Waals surface area contributed by atoms with Crippen molar-refractivity contribution in [3.05, 3.63) is 84.6 Å². The maximum Gasteiger partial charge on any atom is 0.328 e. The topological polar surface area (TPSA) is 223 Å².